The van der Waals surface area contributed by atoms with Crippen LogP contribution in [0.2, 0.25) is 0 Å². The SMILES string of the molecule is CCOC(=O)CC#Cc1cccc(C)c1[N+](=O)[O-]. The van der Waals surface area contributed by atoms with Gasteiger partial charge in [-0.1, -0.05) is 24.0 Å². The van der Waals surface area contributed by atoms with Crippen LogP contribution in [-0.4, -0.2) is 17.5 Å². The number of esters is 1. The quantitative estimate of drug-likeness (QED) is 0.355. The molecule has 0 aromatic heterocycles. The molecule has 0 fully saturated rings. The molecule has 18 heavy (non-hydrogen) atoms. The number of aryl methyl sites for hydroxylation is 1. The fourth-order valence-corrected chi connectivity index (χ4v) is 1.43. The molecule has 94 valence electrons. The first kappa shape index (κ1) is 13.7. The zero-order chi connectivity index (χ0) is 13.5. The molecule has 0 bridgehead atoms. The second-order valence-corrected chi connectivity index (χ2v) is 3.51. The molecule has 0 unspecified atom stereocenters. The summed E-state index contributed by atoms with van der Waals surface area (Å²) in [4.78, 5) is 21.5. The summed E-state index contributed by atoms with van der Waals surface area (Å²) in [6.45, 7) is 3.65. The largest absolute Gasteiger partial charge is 0.465 e. The molecule has 0 spiro atoms. The van der Waals surface area contributed by atoms with Crippen molar-refractivity contribution in [1.29, 1.82) is 0 Å². The van der Waals surface area contributed by atoms with E-state index in [1.54, 1.807) is 32.0 Å². The number of nitro benzene ring substituents is 1. The van der Waals surface area contributed by atoms with Crippen LogP contribution in [0.15, 0.2) is 18.2 Å². The van der Waals surface area contributed by atoms with Crippen molar-refractivity contribution in [3.63, 3.8) is 0 Å². The number of rotatable bonds is 3. The van der Waals surface area contributed by atoms with Crippen LogP contribution in [0, 0.1) is 28.9 Å². The highest BCUT2D eigenvalue weighted by Crippen LogP contribution is 2.21. The van der Waals surface area contributed by atoms with Gasteiger partial charge in [0.15, 0.2) is 0 Å². The molecule has 5 heteroatoms. The van der Waals surface area contributed by atoms with Gasteiger partial charge in [-0.2, -0.15) is 0 Å². The van der Waals surface area contributed by atoms with Crippen molar-refractivity contribution in [2.75, 3.05) is 6.61 Å². The number of para-hydroxylation sites is 1. The Hall–Kier alpha value is -2.35. The van der Waals surface area contributed by atoms with Crippen LogP contribution in [0.1, 0.15) is 24.5 Å². The van der Waals surface area contributed by atoms with E-state index in [4.69, 9.17) is 4.74 Å². The third-order valence-corrected chi connectivity index (χ3v) is 2.18. The lowest BCUT2D eigenvalue weighted by Crippen LogP contribution is -2.01. The lowest BCUT2D eigenvalue weighted by Gasteiger charge is -1.98. The number of ether oxygens (including phenoxy) is 1. The molecule has 0 aliphatic rings. The predicted octanol–water partition coefficient (Wildman–Crippen LogP) is 2.21. The van der Waals surface area contributed by atoms with E-state index in [-0.39, 0.29) is 12.1 Å². The van der Waals surface area contributed by atoms with Gasteiger partial charge in [0, 0.05) is 5.56 Å². The van der Waals surface area contributed by atoms with E-state index in [1.807, 2.05) is 0 Å². The highest BCUT2D eigenvalue weighted by atomic mass is 16.6. The molecule has 0 saturated carbocycles. The molecule has 0 radical (unpaired) electrons. The maximum atomic E-state index is 11.1. The Morgan fingerprint density at radius 2 is 2.22 bits per heavy atom. The van der Waals surface area contributed by atoms with E-state index in [1.165, 1.54) is 0 Å². The summed E-state index contributed by atoms with van der Waals surface area (Å²) in [5.74, 6) is 4.78. The van der Waals surface area contributed by atoms with Crippen LogP contribution < -0.4 is 0 Å². The Kier molecular flexibility index (Phi) is 4.88. The standard InChI is InChI=1S/C13H13NO4/c1-3-18-12(15)9-5-8-11-7-4-6-10(2)13(11)14(16)17/h4,6-7H,3,9H2,1-2H3. The van der Waals surface area contributed by atoms with Crippen LogP contribution in [0.4, 0.5) is 5.69 Å². The average molecular weight is 247 g/mol. The lowest BCUT2D eigenvalue weighted by molar-refractivity contribution is -0.385. The van der Waals surface area contributed by atoms with E-state index < -0.39 is 10.9 Å². The summed E-state index contributed by atoms with van der Waals surface area (Å²) in [5, 5.41) is 10.9. The highest BCUT2D eigenvalue weighted by Gasteiger charge is 2.14. The molecule has 0 N–H and O–H groups in total. The molecule has 1 aromatic rings. The molecule has 0 atom stereocenters. The van der Waals surface area contributed by atoms with Gasteiger partial charge in [0.1, 0.15) is 12.0 Å². The summed E-state index contributed by atoms with van der Waals surface area (Å²) >= 11 is 0. The van der Waals surface area contributed by atoms with E-state index >= 15 is 0 Å². The van der Waals surface area contributed by atoms with Gasteiger partial charge >= 0.3 is 5.97 Å². The Morgan fingerprint density at radius 3 is 2.83 bits per heavy atom. The topological polar surface area (TPSA) is 69.4 Å². The minimum Gasteiger partial charge on any atom is -0.465 e. The normalized spacial score (nSPS) is 9.22. The summed E-state index contributed by atoms with van der Waals surface area (Å²) in [5.41, 5.74) is 0.834. The molecule has 0 aliphatic carbocycles. The lowest BCUT2D eigenvalue weighted by atomic mass is 10.1. The Balaban J connectivity index is 2.92. The fraction of sp³-hybridized carbons (Fsp3) is 0.308. The first-order valence-electron chi connectivity index (χ1n) is 5.44. The van der Waals surface area contributed by atoms with Crippen molar-refractivity contribution in [2.24, 2.45) is 0 Å². The molecule has 5 nitrogen and oxygen atoms in total. The first-order chi connectivity index (χ1) is 8.56. The molecule has 0 amide bonds. The second-order valence-electron chi connectivity index (χ2n) is 3.51. The number of benzene rings is 1. The van der Waals surface area contributed by atoms with Crippen LogP contribution in [0.25, 0.3) is 0 Å². The fourth-order valence-electron chi connectivity index (χ4n) is 1.43. The van der Waals surface area contributed by atoms with E-state index in [0.29, 0.717) is 17.7 Å². The Morgan fingerprint density at radius 1 is 1.50 bits per heavy atom. The zero-order valence-corrected chi connectivity index (χ0v) is 10.2. The van der Waals surface area contributed by atoms with Crippen molar-refractivity contribution < 1.29 is 14.5 Å². The van der Waals surface area contributed by atoms with Crippen molar-refractivity contribution in [2.45, 2.75) is 20.3 Å². The van der Waals surface area contributed by atoms with Gasteiger partial charge in [0.25, 0.3) is 5.69 Å². The van der Waals surface area contributed by atoms with Gasteiger partial charge in [-0.3, -0.25) is 14.9 Å². The number of nitro groups is 1. The van der Waals surface area contributed by atoms with Gasteiger partial charge in [0.2, 0.25) is 0 Å². The van der Waals surface area contributed by atoms with Crippen molar-refractivity contribution in [1.82, 2.24) is 0 Å². The van der Waals surface area contributed by atoms with Crippen molar-refractivity contribution in [3.05, 3.63) is 39.4 Å². The maximum Gasteiger partial charge on any atom is 0.317 e. The molecule has 1 aromatic carbocycles. The Bertz CT molecular complexity index is 526. The number of hydrogen-bond donors (Lipinski definition) is 0. The molecular weight excluding hydrogens is 234 g/mol. The van der Waals surface area contributed by atoms with Crippen LogP contribution >= 0.6 is 0 Å². The minimum atomic E-state index is -0.469. The first-order valence-corrected chi connectivity index (χ1v) is 5.44. The monoisotopic (exact) mass is 247 g/mol. The van der Waals surface area contributed by atoms with E-state index in [9.17, 15) is 14.9 Å². The van der Waals surface area contributed by atoms with Gasteiger partial charge in [-0.15, -0.1) is 0 Å². The van der Waals surface area contributed by atoms with Gasteiger partial charge in [-0.05, 0) is 19.9 Å². The summed E-state index contributed by atoms with van der Waals surface area (Å²) in [6, 6.07) is 4.90. The second kappa shape index (κ2) is 6.40. The predicted molar refractivity (Wildman–Crippen MR) is 66.0 cm³/mol. The van der Waals surface area contributed by atoms with Crippen molar-refractivity contribution >= 4 is 11.7 Å². The van der Waals surface area contributed by atoms with Gasteiger partial charge < -0.3 is 4.74 Å². The molecular formula is C13H13NO4. The van der Waals surface area contributed by atoms with Crippen LogP contribution in [0.5, 0.6) is 0 Å². The molecule has 0 heterocycles. The Labute approximate surface area is 105 Å². The summed E-state index contributed by atoms with van der Waals surface area (Å²) < 4.78 is 4.71. The van der Waals surface area contributed by atoms with Crippen LogP contribution in [0.3, 0.4) is 0 Å². The number of nitrogens with zero attached hydrogens (tertiary/aromatic N) is 1. The van der Waals surface area contributed by atoms with Gasteiger partial charge in [0.05, 0.1) is 11.5 Å². The third-order valence-electron chi connectivity index (χ3n) is 2.18. The van der Waals surface area contributed by atoms with E-state index in [2.05, 4.69) is 11.8 Å². The molecule has 1 rings (SSSR count). The minimum absolute atomic E-state index is 0.0196. The third kappa shape index (κ3) is 3.59. The smallest absolute Gasteiger partial charge is 0.317 e. The maximum absolute atomic E-state index is 11.1. The van der Waals surface area contributed by atoms with Crippen LogP contribution in [-0.2, 0) is 9.53 Å². The highest BCUT2D eigenvalue weighted by molar-refractivity contribution is 5.72. The number of hydrogen-bond acceptors (Lipinski definition) is 4. The van der Waals surface area contributed by atoms with E-state index in [0.717, 1.165) is 0 Å². The summed E-state index contributed by atoms with van der Waals surface area (Å²) in [7, 11) is 0. The van der Waals surface area contributed by atoms with Crippen molar-refractivity contribution in [3.8, 4) is 11.8 Å². The molecule has 0 saturated heterocycles. The zero-order valence-electron chi connectivity index (χ0n) is 10.2. The summed E-state index contributed by atoms with van der Waals surface area (Å²) in [6.07, 6.45) is -0.0705. The number of carbonyl (C=O) groups is 1. The number of carbonyl (C=O) groups excluding carboxylic acids is 1. The molecule has 0 aliphatic heterocycles. The van der Waals surface area contributed by atoms with Gasteiger partial charge in [-0.25, -0.2) is 0 Å². The average Bonchev–Trinajstić information content (AvgIpc) is 2.28.